The molecule has 0 aromatic heterocycles. The van der Waals surface area contributed by atoms with E-state index in [1.807, 2.05) is 49.4 Å². The Morgan fingerprint density at radius 3 is 2.73 bits per heavy atom. The minimum absolute atomic E-state index is 0.149. The summed E-state index contributed by atoms with van der Waals surface area (Å²) < 4.78 is 11.4. The maximum absolute atomic E-state index is 12.5. The van der Waals surface area contributed by atoms with Crippen LogP contribution in [0.15, 0.2) is 42.5 Å². The fraction of sp³-hybridized carbons (Fsp3) is 0.350. The van der Waals surface area contributed by atoms with Gasteiger partial charge in [-0.15, -0.1) is 0 Å². The molecule has 1 aliphatic heterocycles. The summed E-state index contributed by atoms with van der Waals surface area (Å²) in [5, 5.41) is 3.67. The van der Waals surface area contributed by atoms with E-state index in [4.69, 9.17) is 21.1 Å². The molecule has 0 spiro atoms. The zero-order chi connectivity index (χ0) is 18.5. The van der Waals surface area contributed by atoms with Gasteiger partial charge < -0.3 is 19.7 Å². The number of hydrogen-bond acceptors (Lipinski definition) is 3. The number of halogens is 1. The average Bonchev–Trinajstić information content (AvgIpc) is 2.86. The summed E-state index contributed by atoms with van der Waals surface area (Å²) in [6, 6.07) is 13.0. The molecule has 1 unspecified atom stereocenters. The number of hydrogen-bond donors (Lipinski definition) is 1. The molecule has 3 rings (SSSR count). The van der Waals surface area contributed by atoms with Crippen molar-refractivity contribution in [3.05, 3.63) is 58.6 Å². The molecule has 1 N–H and O–H groups in total. The Morgan fingerprint density at radius 2 is 1.96 bits per heavy atom. The van der Waals surface area contributed by atoms with Crippen LogP contribution in [-0.4, -0.2) is 31.2 Å². The summed E-state index contributed by atoms with van der Waals surface area (Å²) in [7, 11) is 1.76. The van der Waals surface area contributed by atoms with Gasteiger partial charge in [0.15, 0.2) is 11.5 Å². The van der Waals surface area contributed by atoms with Crippen LogP contribution in [0.3, 0.4) is 0 Å². The molecule has 26 heavy (non-hydrogen) atoms. The molecule has 1 aliphatic rings. The highest BCUT2D eigenvalue weighted by Crippen LogP contribution is 2.32. The Balaban J connectivity index is 1.62. The monoisotopic (exact) mass is 374 g/mol. The highest BCUT2D eigenvalue weighted by molar-refractivity contribution is 6.30. The van der Waals surface area contributed by atoms with Gasteiger partial charge >= 0.3 is 6.03 Å². The van der Waals surface area contributed by atoms with E-state index in [0.29, 0.717) is 24.8 Å². The summed E-state index contributed by atoms with van der Waals surface area (Å²) in [5.41, 5.74) is 1.96. The van der Waals surface area contributed by atoms with Crippen LogP contribution in [0.4, 0.5) is 4.79 Å². The van der Waals surface area contributed by atoms with E-state index >= 15 is 0 Å². The number of nitrogens with zero attached hydrogens (tertiary/aromatic N) is 1. The highest BCUT2D eigenvalue weighted by Gasteiger charge is 2.17. The number of carbonyl (C=O) groups is 1. The Bertz CT molecular complexity index is 781. The average molecular weight is 375 g/mol. The molecule has 0 bridgehead atoms. The van der Waals surface area contributed by atoms with Crippen molar-refractivity contribution in [2.75, 3.05) is 20.3 Å². The van der Waals surface area contributed by atoms with E-state index in [0.717, 1.165) is 29.0 Å². The molecular formula is C20H23ClN2O3. The van der Waals surface area contributed by atoms with Crippen molar-refractivity contribution in [2.45, 2.75) is 25.9 Å². The number of nitrogens with one attached hydrogen (secondary N) is 1. The second-order valence-electron chi connectivity index (χ2n) is 6.41. The molecule has 138 valence electrons. The largest absolute Gasteiger partial charge is 0.490 e. The van der Waals surface area contributed by atoms with Gasteiger partial charge in [0, 0.05) is 25.0 Å². The molecule has 1 heterocycles. The van der Waals surface area contributed by atoms with Crippen LogP contribution in [0.5, 0.6) is 11.5 Å². The fourth-order valence-electron chi connectivity index (χ4n) is 2.81. The van der Waals surface area contributed by atoms with Gasteiger partial charge in [0.25, 0.3) is 0 Å². The van der Waals surface area contributed by atoms with Gasteiger partial charge in [-0.3, -0.25) is 0 Å². The van der Waals surface area contributed by atoms with Crippen molar-refractivity contribution >= 4 is 17.6 Å². The summed E-state index contributed by atoms with van der Waals surface area (Å²) >= 11 is 6.00. The Labute approximate surface area is 158 Å². The topological polar surface area (TPSA) is 50.8 Å². The van der Waals surface area contributed by atoms with Crippen molar-refractivity contribution in [1.82, 2.24) is 10.2 Å². The minimum atomic E-state index is -0.151. The molecule has 2 aromatic rings. The number of urea groups is 1. The maximum atomic E-state index is 12.5. The van der Waals surface area contributed by atoms with E-state index in [-0.39, 0.29) is 12.1 Å². The first-order chi connectivity index (χ1) is 12.5. The van der Waals surface area contributed by atoms with Gasteiger partial charge in [-0.05, 0) is 42.3 Å². The lowest BCUT2D eigenvalue weighted by atomic mass is 10.1. The van der Waals surface area contributed by atoms with Gasteiger partial charge in [-0.25, -0.2) is 4.79 Å². The van der Waals surface area contributed by atoms with E-state index in [1.54, 1.807) is 11.9 Å². The lowest BCUT2D eigenvalue weighted by molar-refractivity contribution is 0.203. The van der Waals surface area contributed by atoms with Crippen molar-refractivity contribution < 1.29 is 14.3 Å². The van der Waals surface area contributed by atoms with Crippen molar-refractivity contribution in [3.8, 4) is 11.5 Å². The van der Waals surface area contributed by atoms with Crippen LogP contribution in [0.25, 0.3) is 0 Å². The summed E-state index contributed by atoms with van der Waals surface area (Å²) in [6.45, 7) is 3.73. The highest BCUT2D eigenvalue weighted by atomic mass is 35.5. The lowest BCUT2D eigenvalue weighted by Gasteiger charge is -2.22. The van der Waals surface area contributed by atoms with Crippen LogP contribution >= 0.6 is 11.6 Å². The van der Waals surface area contributed by atoms with E-state index in [1.165, 1.54) is 0 Å². The number of ether oxygens (including phenoxy) is 2. The second-order valence-corrected chi connectivity index (χ2v) is 6.85. The van der Waals surface area contributed by atoms with Crippen LogP contribution in [0.1, 0.15) is 30.5 Å². The number of carbonyl (C=O) groups excluding carboxylic acids is 1. The van der Waals surface area contributed by atoms with Crippen LogP contribution < -0.4 is 14.8 Å². The predicted molar refractivity (Wildman–Crippen MR) is 102 cm³/mol. The van der Waals surface area contributed by atoms with Crippen molar-refractivity contribution in [1.29, 1.82) is 0 Å². The Morgan fingerprint density at radius 1 is 1.19 bits per heavy atom. The van der Waals surface area contributed by atoms with Gasteiger partial charge in [-0.1, -0.05) is 29.8 Å². The molecule has 0 radical (unpaired) electrons. The summed E-state index contributed by atoms with van der Waals surface area (Å²) in [6.07, 6.45) is 0.866. The second kappa shape index (κ2) is 8.32. The summed E-state index contributed by atoms with van der Waals surface area (Å²) in [4.78, 5) is 14.1. The fourth-order valence-corrected chi connectivity index (χ4v) is 3.02. The number of fused-ring (bicyclic) bond motifs is 1. The molecule has 0 aliphatic carbocycles. The van der Waals surface area contributed by atoms with E-state index in [9.17, 15) is 4.79 Å². The third-order valence-corrected chi connectivity index (χ3v) is 4.50. The zero-order valence-corrected chi connectivity index (χ0v) is 15.8. The van der Waals surface area contributed by atoms with Crippen LogP contribution in [0, 0.1) is 0 Å². The van der Waals surface area contributed by atoms with Crippen molar-refractivity contribution in [3.63, 3.8) is 0 Å². The third-order valence-electron chi connectivity index (χ3n) is 4.27. The molecule has 0 saturated carbocycles. The minimum Gasteiger partial charge on any atom is -0.490 e. The first-order valence-electron chi connectivity index (χ1n) is 8.68. The standard InChI is InChI=1S/C20H23ClN2O3/c1-14(16-7-8-18-19(12-16)26-10-4-9-25-18)22-20(24)23(2)13-15-5-3-6-17(21)11-15/h3,5-8,11-12,14H,4,9-10,13H2,1-2H3,(H,22,24). The van der Waals surface area contributed by atoms with E-state index < -0.39 is 0 Å². The molecule has 6 heteroatoms. The molecule has 2 amide bonds. The SMILES string of the molecule is CC(NC(=O)N(C)Cc1cccc(Cl)c1)c1ccc2c(c1)OCCCO2. The number of benzene rings is 2. The number of rotatable bonds is 4. The molecular weight excluding hydrogens is 352 g/mol. The molecule has 1 atom stereocenters. The maximum Gasteiger partial charge on any atom is 0.317 e. The van der Waals surface area contributed by atoms with E-state index in [2.05, 4.69) is 5.32 Å². The first-order valence-corrected chi connectivity index (χ1v) is 9.06. The summed E-state index contributed by atoms with van der Waals surface area (Å²) in [5.74, 6) is 1.48. The quantitative estimate of drug-likeness (QED) is 0.862. The first kappa shape index (κ1) is 18.4. The van der Waals surface area contributed by atoms with Gasteiger partial charge in [0.1, 0.15) is 0 Å². The van der Waals surface area contributed by atoms with Crippen LogP contribution in [0.2, 0.25) is 5.02 Å². The van der Waals surface area contributed by atoms with Gasteiger partial charge in [0.2, 0.25) is 0 Å². The third kappa shape index (κ3) is 4.61. The lowest BCUT2D eigenvalue weighted by Crippen LogP contribution is -2.38. The molecule has 0 saturated heterocycles. The van der Waals surface area contributed by atoms with Gasteiger partial charge in [0.05, 0.1) is 19.3 Å². The molecule has 5 nitrogen and oxygen atoms in total. The molecule has 0 fully saturated rings. The van der Waals surface area contributed by atoms with Crippen molar-refractivity contribution in [2.24, 2.45) is 0 Å². The Kier molecular flexibility index (Phi) is 5.89. The molecule has 2 aromatic carbocycles. The van der Waals surface area contributed by atoms with Gasteiger partial charge in [-0.2, -0.15) is 0 Å². The van der Waals surface area contributed by atoms with Crippen LogP contribution in [-0.2, 0) is 6.54 Å². The zero-order valence-electron chi connectivity index (χ0n) is 15.0. The Hall–Kier alpha value is -2.40. The smallest absolute Gasteiger partial charge is 0.317 e. The normalized spacial score (nSPS) is 14.3. The predicted octanol–water partition coefficient (Wildman–Crippen LogP) is 4.40. The number of amides is 2.